The Labute approximate surface area is 107 Å². The summed E-state index contributed by atoms with van der Waals surface area (Å²) < 4.78 is 1.70. The van der Waals surface area contributed by atoms with Gasteiger partial charge in [0.1, 0.15) is 0 Å². The maximum Gasteiger partial charge on any atom is 0.0980 e. The topological polar surface area (TPSA) is 50.9 Å². The van der Waals surface area contributed by atoms with Gasteiger partial charge in [-0.15, -0.1) is 5.10 Å². The van der Waals surface area contributed by atoms with Gasteiger partial charge >= 0.3 is 0 Å². The van der Waals surface area contributed by atoms with Crippen molar-refractivity contribution in [2.75, 3.05) is 0 Å². The summed E-state index contributed by atoms with van der Waals surface area (Å²) in [5, 5.41) is 18.2. The maximum absolute atomic E-state index is 10.3. The van der Waals surface area contributed by atoms with E-state index in [4.69, 9.17) is 0 Å². The van der Waals surface area contributed by atoms with Gasteiger partial charge in [-0.3, -0.25) is 0 Å². The molecule has 0 aliphatic rings. The molecule has 0 saturated carbocycles. The van der Waals surface area contributed by atoms with Crippen LogP contribution in [-0.4, -0.2) is 20.1 Å². The van der Waals surface area contributed by atoms with Gasteiger partial charge in [-0.25, -0.2) is 4.68 Å². The Morgan fingerprint density at radius 2 is 2.00 bits per heavy atom. The van der Waals surface area contributed by atoms with Crippen LogP contribution in [0, 0.1) is 5.92 Å². The minimum atomic E-state index is -0.518. The molecular weight excluding hydrogens is 226 g/mol. The molecule has 1 heterocycles. The predicted molar refractivity (Wildman–Crippen MR) is 70.4 cm³/mol. The number of hydrogen-bond acceptors (Lipinski definition) is 3. The molecule has 4 nitrogen and oxygen atoms in total. The Kier molecular flexibility index (Phi) is 4.10. The molecule has 0 saturated heterocycles. The minimum absolute atomic E-state index is 0.485. The summed E-state index contributed by atoms with van der Waals surface area (Å²) in [6, 6.07) is 9.75. The number of aliphatic hydroxyl groups is 1. The fraction of sp³-hybridized carbons (Fsp3) is 0.429. The summed E-state index contributed by atoms with van der Waals surface area (Å²) >= 11 is 0. The van der Waals surface area contributed by atoms with Gasteiger partial charge in [-0.05, 0) is 24.5 Å². The molecule has 0 bridgehead atoms. The van der Waals surface area contributed by atoms with Crippen molar-refractivity contribution in [3.63, 3.8) is 0 Å². The first-order valence-electron chi connectivity index (χ1n) is 6.36. The van der Waals surface area contributed by atoms with E-state index in [1.165, 1.54) is 0 Å². The van der Waals surface area contributed by atoms with E-state index in [0.717, 1.165) is 24.2 Å². The molecule has 0 aliphatic carbocycles. The molecule has 1 N–H and O–H groups in total. The Balaban J connectivity index is 2.23. The standard InChI is InChI=1S/C14H19N3O/c1-3-11(2)9-14(18)13-10-15-16-17(13)12-7-5-4-6-8-12/h4-8,10-11,14,18H,3,9H2,1-2H3. The fourth-order valence-electron chi connectivity index (χ4n) is 1.91. The summed E-state index contributed by atoms with van der Waals surface area (Å²) in [5.41, 5.74) is 1.68. The SMILES string of the molecule is CCC(C)CC(O)c1cnnn1-c1ccccc1. The van der Waals surface area contributed by atoms with E-state index in [9.17, 15) is 5.11 Å². The van der Waals surface area contributed by atoms with Crippen molar-refractivity contribution in [1.82, 2.24) is 15.0 Å². The Morgan fingerprint density at radius 3 is 2.67 bits per heavy atom. The second kappa shape index (κ2) is 5.78. The lowest BCUT2D eigenvalue weighted by Crippen LogP contribution is -2.10. The highest BCUT2D eigenvalue weighted by Gasteiger charge is 2.17. The molecular formula is C14H19N3O. The highest BCUT2D eigenvalue weighted by molar-refractivity contribution is 5.31. The zero-order chi connectivity index (χ0) is 13.0. The summed E-state index contributed by atoms with van der Waals surface area (Å²) in [5.74, 6) is 0.485. The maximum atomic E-state index is 10.3. The third-order valence-corrected chi connectivity index (χ3v) is 3.24. The summed E-state index contributed by atoms with van der Waals surface area (Å²) in [6.07, 6.45) is 2.91. The van der Waals surface area contributed by atoms with Crippen molar-refractivity contribution in [2.45, 2.75) is 32.8 Å². The van der Waals surface area contributed by atoms with E-state index in [2.05, 4.69) is 24.2 Å². The number of benzene rings is 1. The number of rotatable bonds is 5. The number of hydrogen-bond donors (Lipinski definition) is 1. The summed E-state index contributed by atoms with van der Waals surface area (Å²) in [4.78, 5) is 0. The lowest BCUT2D eigenvalue weighted by Gasteiger charge is -2.15. The number of aliphatic hydroxyl groups excluding tert-OH is 1. The molecule has 0 fully saturated rings. The van der Waals surface area contributed by atoms with Crippen LogP contribution in [0.4, 0.5) is 0 Å². The summed E-state index contributed by atoms with van der Waals surface area (Å²) in [6.45, 7) is 4.27. The number of aromatic nitrogens is 3. The minimum Gasteiger partial charge on any atom is -0.387 e. The first-order valence-corrected chi connectivity index (χ1v) is 6.36. The van der Waals surface area contributed by atoms with E-state index >= 15 is 0 Å². The van der Waals surface area contributed by atoms with Crippen LogP contribution in [0.2, 0.25) is 0 Å². The largest absolute Gasteiger partial charge is 0.387 e. The second-order valence-electron chi connectivity index (χ2n) is 4.67. The van der Waals surface area contributed by atoms with Crippen LogP contribution in [0.5, 0.6) is 0 Å². The molecule has 2 rings (SSSR count). The van der Waals surface area contributed by atoms with Crippen molar-refractivity contribution in [2.24, 2.45) is 5.92 Å². The highest BCUT2D eigenvalue weighted by Crippen LogP contribution is 2.23. The van der Waals surface area contributed by atoms with Crippen LogP contribution in [-0.2, 0) is 0 Å². The molecule has 0 aliphatic heterocycles. The molecule has 0 radical (unpaired) electrons. The van der Waals surface area contributed by atoms with Crippen LogP contribution in [0.3, 0.4) is 0 Å². The molecule has 4 heteroatoms. The van der Waals surface area contributed by atoms with E-state index in [1.54, 1.807) is 10.9 Å². The van der Waals surface area contributed by atoms with E-state index < -0.39 is 6.10 Å². The second-order valence-corrected chi connectivity index (χ2v) is 4.67. The Morgan fingerprint density at radius 1 is 1.28 bits per heavy atom. The molecule has 2 unspecified atom stereocenters. The van der Waals surface area contributed by atoms with Crippen molar-refractivity contribution >= 4 is 0 Å². The molecule has 2 aromatic rings. The quantitative estimate of drug-likeness (QED) is 0.881. The average Bonchev–Trinajstić information content (AvgIpc) is 2.88. The number of nitrogens with zero attached hydrogens (tertiary/aromatic N) is 3. The zero-order valence-electron chi connectivity index (χ0n) is 10.8. The van der Waals surface area contributed by atoms with E-state index in [-0.39, 0.29) is 0 Å². The van der Waals surface area contributed by atoms with Crippen molar-refractivity contribution < 1.29 is 5.11 Å². The highest BCUT2D eigenvalue weighted by atomic mass is 16.3. The van der Waals surface area contributed by atoms with Gasteiger partial charge in [-0.2, -0.15) is 0 Å². The molecule has 18 heavy (non-hydrogen) atoms. The first kappa shape index (κ1) is 12.8. The van der Waals surface area contributed by atoms with Crippen molar-refractivity contribution in [1.29, 1.82) is 0 Å². The smallest absolute Gasteiger partial charge is 0.0980 e. The van der Waals surface area contributed by atoms with Crippen LogP contribution in [0.15, 0.2) is 36.5 Å². The van der Waals surface area contributed by atoms with Crippen LogP contribution in [0.1, 0.15) is 38.5 Å². The molecule has 1 aromatic carbocycles. The van der Waals surface area contributed by atoms with Gasteiger partial charge in [0.05, 0.1) is 23.7 Å². The first-order chi connectivity index (χ1) is 8.72. The van der Waals surface area contributed by atoms with Gasteiger partial charge in [-0.1, -0.05) is 43.7 Å². The van der Waals surface area contributed by atoms with Crippen molar-refractivity contribution in [3.8, 4) is 5.69 Å². The zero-order valence-corrected chi connectivity index (χ0v) is 10.8. The fourth-order valence-corrected chi connectivity index (χ4v) is 1.91. The molecule has 1 aromatic heterocycles. The van der Waals surface area contributed by atoms with Crippen LogP contribution in [0.25, 0.3) is 5.69 Å². The van der Waals surface area contributed by atoms with Crippen molar-refractivity contribution in [3.05, 3.63) is 42.2 Å². The molecule has 0 amide bonds. The lowest BCUT2D eigenvalue weighted by molar-refractivity contribution is 0.139. The van der Waals surface area contributed by atoms with Crippen LogP contribution < -0.4 is 0 Å². The third-order valence-electron chi connectivity index (χ3n) is 3.24. The van der Waals surface area contributed by atoms with E-state index in [0.29, 0.717) is 5.92 Å². The monoisotopic (exact) mass is 245 g/mol. The van der Waals surface area contributed by atoms with E-state index in [1.807, 2.05) is 30.3 Å². The van der Waals surface area contributed by atoms with Gasteiger partial charge in [0, 0.05) is 0 Å². The Bertz CT molecular complexity index is 481. The molecule has 0 spiro atoms. The van der Waals surface area contributed by atoms with Crippen LogP contribution >= 0.6 is 0 Å². The molecule has 96 valence electrons. The van der Waals surface area contributed by atoms with Gasteiger partial charge in [0.2, 0.25) is 0 Å². The number of para-hydroxylation sites is 1. The predicted octanol–water partition coefficient (Wildman–Crippen LogP) is 2.74. The third kappa shape index (κ3) is 2.76. The van der Waals surface area contributed by atoms with Gasteiger partial charge in [0.15, 0.2) is 0 Å². The average molecular weight is 245 g/mol. The van der Waals surface area contributed by atoms with Gasteiger partial charge in [0.25, 0.3) is 0 Å². The Hall–Kier alpha value is -1.68. The molecule has 2 atom stereocenters. The normalized spacial score (nSPS) is 14.4. The lowest BCUT2D eigenvalue weighted by atomic mass is 9.99. The van der Waals surface area contributed by atoms with Gasteiger partial charge < -0.3 is 5.11 Å². The summed E-state index contributed by atoms with van der Waals surface area (Å²) in [7, 11) is 0.